The van der Waals surface area contributed by atoms with Crippen molar-refractivity contribution in [3.63, 3.8) is 0 Å². The van der Waals surface area contributed by atoms with Crippen LogP contribution in [-0.2, 0) is 0 Å². The molecule has 0 nitrogen and oxygen atoms in total. The van der Waals surface area contributed by atoms with E-state index in [1.807, 2.05) is 0 Å². The predicted molar refractivity (Wildman–Crippen MR) is 74.2 cm³/mol. The third-order valence-electron chi connectivity index (χ3n) is 2.48. The second-order valence-corrected chi connectivity index (χ2v) is 6.59. The van der Waals surface area contributed by atoms with Gasteiger partial charge < -0.3 is 2.85 Å². The molecule has 0 N–H and O–H groups in total. The van der Waals surface area contributed by atoms with Crippen LogP contribution in [0.1, 0.15) is 62.1 Å². The Kier molecular flexibility index (Phi) is 16.5. The monoisotopic (exact) mass is 213 g/mol. The maximum absolute atomic E-state index is 2.31. The second-order valence-electron chi connectivity index (χ2n) is 3.90. The van der Waals surface area contributed by atoms with Gasteiger partial charge in [-0.3, -0.25) is 0 Å². The zero-order valence-corrected chi connectivity index (χ0v) is 11.4. The maximum Gasteiger partial charge on any atom is 2.00 e. The first-order valence-electron chi connectivity index (χ1n) is 6.07. The van der Waals surface area contributed by atoms with Crippen LogP contribution in [0.4, 0.5) is 0 Å². The van der Waals surface area contributed by atoms with E-state index in [1.165, 1.54) is 38.5 Å². The van der Waals surface area contributed by atoms with Gasteiger partial charge in [-0.1, -0.05) is 40.0 Å². The maximum atomic E-state index is 2.31. The molecule has 14 heavy (non-hydrogen) atoms. The van der Waals surface area contributed by atoms with Gasteiger partial charge in [-0.15, -0.1) is 7.92 Å². The van der Waals surface area contributed by atoms with Gasteiger partial charge >= 0.3 is 10.1 Å². The zero-order valence-electron chi connectivity index (χ0n) is 12.5. The van der Waals surface area contributed by atoms with Crippen LogP contribution in [0.2, 0.25) is 0 Å². The molecule has 2 heteroatoms. The molecule has 0 aliphatic carbocycles. The Hall–Kier alpha value is 0.599. The van der Waals surface area contributed by atoms with E-state index in [-0.39, 0.29) is 13.0 Å². The Balaban J connectivity index is -0.000000240. The van der Waals surface area contributed by atoms with E-state index in [1.54, 1.807) is 18.5 Å². The van der Waals surface area contributed by atoms with Gasteiger partial charge in [0.2, 0.25) is 0 Å². The molecule has 0 spiro atoms. The van der Waals surface area contributed by atoms with Crippen LogP contribution in [0.3, 0.4) is 0 Å². The summed E-state index contributed by atoms with van der Waals surface area (Å²) in [4.78, 5) is 0. The fraction of sp³-hybridized carbons (Fsp3) is 1.00. The van der Waals surface area contributed by atoms with Crippen LogP contribution < -0.4 is 0 Å². The topological polar surface area (TPSA) is 0 Å². The Morgan fingerprint density at radius 3 is 1.21 bits per heavy atom. The van der Waals surface area contributed by atoms with E-state index in [0.717, 1.165) is 0 Å². The van der Waals surface area contributed by atoms with Crippen molar-refractivity contribution in [3.8, 4) is 0 Å². The van der Waals surface area contributed by atoms with E-state index in [2.05, 4.69) is 20.8 Å². The number of rotatable bonds is 9. The van der Waals surface area contributed by atoms with Gasteiger partial charge in [0.1, 0.15) is 0 Å². The first-order valence-corrected chi connectivity index (χ1v) is 7.97. The quantitative estimate of drug-likeness (QED) is 0.384. The van der Waals surface area contributed by atoms with Crippen molar-refractivity contribution in [2.24, 2.45) is 0 Å². The summed E-state index contributed by atoms with van der Waals surface area (Å²) in [6.07, 6.45) is 13.2. The molecule has 0 aromatic carbocycles. The molecule has 0 aliphatic heterocycles. The summed E-state index contributed by atoms with van der Waals surface area (Å²) in [6, 6.07) is 0. The van der Waals surface area contributed by atoms with Crippen molar-refractivity contribution >= 4 is 18.0 Å². The first kappa shape index (κ1) is 17.0. The van der Waals surface area contributed by atoms with Gasteiger partial charge in [0.05, 0.1) is 0 Å². The van der Waals surface area contributed by atoms with E-state index < -0.39 is 0 Å². The number of hydrogen-bond donors (Lipinski definition) is 0. The van der Waals surface area contributed by atoms with Crippen LogP contribution in [0.25, 0.3) is 0 Å². The van der Waals surface area contributed by atoms with Crippen molar-refractivity contribution in [1.82, 2.24) is 0 Å². The molecule has 0 radical (unpaired) electrons. The summed E-state index contributed by atoms with van der Waals surface area (Å²) in [6.45, 7) is 6.94. The Morgan fingerprint density at radius 1 is 0.714 bits per heavy atom. The van der Waals surface area contributed by atoms with Crippen molar-refractivity contribution < 1.29 is 2.85 Å². The third kappa shape index (κ3) is 10.7. The fourth-order valence-electron chi connectivity index (χ4n) is 1.48. The van der Waals surface area contributed by atoms with E-state index in [4.69, 9.17) is 0 Å². The van der Waals surface area contributed by atoms with Gasteiger partial charge in [-0.25, -0.2) is 0 Å². The fourth-order valence-corrected chi connectivity index (χ4v) is 4.44. The van der Waals surface area contributed by atoms with Crippen LogP contribution in [0.5, 0.6) is 0 Å². The van der Waals surface area contributed by atoms with E-state index in [9.17, 15) is 0 Å². The molecule has 84 valence electrons. The zero-order chi connectivity index (χ0) is 9.94. The summed E-state index contributed by atoms with van der Waals surface area (Å²) < 4.78 is 0. The Bertz CT molecular complexity index is 86.0. The SMILES string of the molecule is CCCCP(CCCC)CCCC.[Be+2].[H-].[H-]. The summed E-state index contributed by atoms with van der Waals surface area (Å²) in [5.74, 6) is 0. The standard InChI is InChI=1S/C12H27P.Be.2H/c1-4-7-10-13(11-8-5-2)12-9-6-3;;;/h4-12H2,1-3H3;;;/q;+2;2*-1. The van der Waals surface area contributed by atoms with E-state index >= 15 is 0 Å². The van der Waals surface area contributed by atoms with Crippen molar-refractivity contribution in [1.29, 1.82) is 0 Å². The largest absolute Gasteiger partial charge is 2.00 e. The molecule has 0 heterocycles. The van der Waals surface area contributed by atoms with Crippen molar-refractivity contribution in [3.05, 3.63) is 0 Å². The molecule has 0 aliphatic rings. The second kappa shape index (κ2) is 13.6. The van der Waals surface area contributed by atoms with Crippen LogP contribution in [-0.4, -0.2) is 28.6 Å². The minimum atomic E-state index is 0. The van der Waals surface area contributed by atoms with Gasteiger partial charge in [0.25, 0.3) is 0 Å². The number of hydrogen-bond acceptors (Lipinski definition) is 0. The molecule has 0 atom stereocenters. The van der Waals surface area contributed by atoms with Crippen molar-refractivity contribution in [2.45, 2.75) is 59.3 Å². The summed E-state index contributed by atoms with van der Waals surface area (Å²) >= 11 is 0. The Labute approximate surface area is 99.2 Å². The molecular weight excluding hydrogens is 184 g/mol. The van der Waals surface area contributed by atoms with Gasteiger partial charge in [0.15, 0.2) is 0 Å². The normalized spacial score (nSPS) is 10.3. The van der Waals surface area contributed by atoms with Crippen molar-refractivity contribution in [2.75, 3.05) is 18.5 Å². The van der Waals surface area contributed by atoms with E-state index in [0.29, 0.717) is 7.92 Å². The molecule has 0 rings (SSSR count). The Morgan fingerprint density at radius 2 is 1.00 bits per heavy atom. The molecule has 0 fully saturated rings. The summed E-state index contributed by atoms with van der Waals surface area (Å²) in [5.41, 5.74) is 0. The van der Waals surface area contributed by atoms with Gasteiger partial charge in [-0.2, -0.15) is 0 Å². The third-order valence-corrected chi connectivity index (χ3v) is 5.33. The average Bonchev–Trinajstić information content (AvgIpc) is 2.17. The summed E-state index contributed by atoms with van der Waals surface area (Å²) in [5, 5.41) is 0. The number of unbranched alkanes of at least 4 members (excludes halogenated alkanes) is 3. The molecule has 0 saturated carbocycles. The van der Waals surface area contributed by atoms with Gasteiger partial charge in [-0.05, 0) is 37.7 Å². The first-order chi connectivity index (χ1) is 6.35. The molecule has 0 bridgehead atoms. The molecule has 0 unspecified atom stereocenters. The molecule has 0 aromatic heterocycles. The minimum Gasteiger partial charge on any atom is -1.00 e. The predicted octanol–water partition coefficient (Wildman–Crippen LogP) is 4.71. The molecule has 0 amide bonds. The minimum absolute atomic E-state index is 0. The van der Waals surface area contributed by atoms with Gasteiger partial charge in [0, 0.05) is 0 Å². The smallest absolute Gasteiger partial charge is 1.00 e. The summed E-state index contributed by atoms with van der Waals surface area (Å²) in [7, 11) is 0.422. The van der Waals surface area contributed by atoms with Crippen LogP contribution in [0, 0.1) is 0 Å². The molecule has 0 aromatic rings. The molecule has 0 saturated heterocycles. The molecular formula is C12H29BeP. The van der Waals surface area contributed by atoms with Crippen LogP contribution in [0.15, 0.2) is 0 Å². The average molecular weight is 213 g/mol. The van der Waals surface area contributed by atoms with Crippen LogP contribution >= 0.6 is 7.92 Å².